The molecule has 1 aromatic rings. The normalized spacial score (nSPS) is 18.2. The summed E-state index contributed by atoms with van der Waals surface area (Å²) in [6, 6.07) is 4.67. The standard InChI is InChI=1S/C15H17F3N2O4S/c1-2-25(22,23)19-9-11-7-8-20(10-11)14(21)12-3-5-13(6-4-12)24-15(16,17)18/h2-6,11,19H,1,7-10H2. The first-order valence-corrected chi connectivity index (χ1v) is 8.91. The highest BCUT2D eigenvalue weighted by molar-refractivity contribution is 7.92. The van der Waals surface area contributed by atoms with Crippen molar-refractivity contribution in [2.75, 3.05) is 19.6 Å². The van der Waals surface area contributed by atoms with E-state index in [1.165, 1.54) is 17.0 Å². The van der Waals surface area contributed by atoms with Gasteiger partial charge in [-0.2, -0.15) is 0 Å². The van der Waals surface area contributed by atoms with Crippen molar-refractivity contribution in [1.29, 1.82) is 0 Å². The number of likely N-dealkylation sites (tertiary alicyclic amines) is 1. The van der Waals surface area contributed by atoms with E-state index in [9.17, 15) is 26.4 Å². The second-order valence-electron chi connectivity index (χ2n) is 5.54. The fraction of sp³-hybridized carbons (Fsp3) is 0.400. The fourth-order valence-electron chi connectivity index (χ4n) is 2.46. The van der Waals surface area contributed by atoms with E-state index in [4.69, 9.17) is 0 Å². The molecule has 0 aromatic heterocycles. The number of nitrogens with zero attached hydrogens (tertiary/aromatic N) is 1. The first-order chi connectivity index (χ1) is 11.6. The third kappa shape index (κ3) is 5.75. The minimum Gasteiger partial charge on any atom is -0.406 e. The van der Waals surface area contributed by atoms with E-state index in [-0.39, 0.29) is 23.9 Å². The predicted molar refractivity (Wildman–Crippen MR) is 84.3 cm³/mol. The maximum Gasteiger partial charge on any atom is 0.573 e. The molecule has 6 nitrogen and oxygen atoms in total. The van der Waals surface area contributed by atoms with Crippen LogP contribution in [0.15, 0.2) is 36.3 Å². The van der Waals surface area contributed by atoms with Crippen molar-refractivity contribution in [1.82, 2.24) is 9.62 Å². The second-order valence-corrected chi connectivity index (χ2v) is 7.25. The summed E-state index contributed by atoms with van der Waals surface area (Å²) < 4.78 is 65.1. The monoisotopic (exact) mass is 378 g/mol. The van der Waals surface area contributed by atoms with Crippen molar-refractivity contribution >= 4 is 15.9 Å². The summed E-state index contributed by atoms with van der Waals surface area (Å²) in [6.07, 6.45) is -4.16. The van der Waals surface area contributed by atoms with Crippen LogP contribution in [0.5, 0.6) is 5.75 Å². The van der Waals surface area contributed by atoms with Crippen molar-refractivity contribution in [3.63, 3.8) is 0 Å². The average molecular weight is 378 g/mol. The minimum absolute atomic E-state index is 0.0356. The molecule has 1 fully saturated rings. The number of halogens is 3. The predicted octanol–water partition coefficient (Wildman–Crippen LogP) is 2.11. The third-order valence-electron chi connectivity index (χ3n) is 3.70. The van der Waals surface area contributed by atoms with E-state index in [1.54, 1.807) is 0 Å². The molecule has 2 rings (SSSR count). The highest BCUT2D eigenvalue weighted by Gasteiger charge is 2.31. The number of alkyl halides is 3. The highest BCUT2D eigenvalue weighted by Crippen LogP contribution is 2.24. The Kier molecular flexibility index (Phi) is 5.73. The van der Waals surface area contributed by atoms with Crippen LogP contribution in [-0.2, 0) is 10.0 Å². The molecule has 138 valence electrons. The minimum atomic E-state index is -4.79. The van der Waals surface area contributed by atoms with Crippen LogP contribution in [-0.4, -0.2) is 45.2 Å². The fourth-order valence-corrected chi connectivity index (χ4v) is 3.04. The Morgan fingerprint density at radius 2 is 2.00 bits per heavy atom. The van der Waals surface area contributed by atoms with Crippen LogP contribution < -0.4 is 9.46 Å². The number of nitrogens with one attached hydrogen (secondary N) is 1. The van der Waals surface area contributed by atoms with Gasteiger partial charge in [-0.25, -0.2) is 13.1 Å². The van der Waals surface area contributed by atoms with E-state index in [2.05, 4.69) is 16.0 Å². The largest absolute Gasteiger partial charge is 0.573 e. The van der Waals surface area contributed by atoms with Gasteiger partial charge in [-0.15, -0.1) is 13.2 Å². The summed E-state index contributed by atoms with van der Waals surface area (Å²) in [5.74, 6) is -0.763. The Morgan fingerprint density at radius 1 is 1.36 bits per heavy atom. The van der Waals surface area contributed by atoms with Crippen molar-refractivity contribution in [2.24, 2.45) is 5.92 Å². The van der Waals surface area contributed by atoms with Gasteiger partial charge in [0.1, 0.15) is 5.75 Å². The Hall–Kier alpha value is -2.07. The van der Waals surface area contributed by atoms with Gasteiger partial charge in [-0.1, -0.05) is 6.58 Å². The maximum absolute atomic E-state index is 12.4. The lowest BCUT2D eigenvalue weighted by molar-refractivity contribution is -0.274. The van der Waals surface area contributed by atoms with Crippen molar-refractivity contribution in [2.45, 2.75) is 12.8 Å². The van der Waals surface area contributed by atoms with Crippen LogP contribution in [0, 0.1) is 5.92 Å². The Balaban J connectivity index is 1.92. The Labute approximate surface area is 143 Å². The third-order valence-corrected chi connectivity index (χ3v) is 4.71. The van der Waals surface area contributed by atoms with Crippen molar-refractivity contribution in [3.05, 3.63) is 41.8 Å². The van der Waals surface area contributed by atoms with E-state index in [1.807, 2.05) is 0 Å². The summed E-state index contributed by atoms with van der Waals surface area (Å²) in [6.45, 7) is 4.19. The SMILES string of the molecule is C=CS(=O)(=O)NCC1CCN(C(=O)c2ccc(OC(F)(F)F)cc2)C1. The second kappa shape index (κ2) is 7.44. The van der Waals surface area contributed by atoms with Gasteiger partial charge in [-0.05, 0) is 36.6 Å². The first-order valence-electron chi connectivity index (χ1n) is 7.37. The van der Waals surface area contributed by atoms with Gasteiger partial charge in [0.25, 0.3) is 5.91 Å². The summed E-state index contributed by atoms with van der Waals surface area (Å²) in [4.78, 5) is 13.9. The number of sulfonamides is 1. The summed E-state index contributed by atoms with van der Waals surface area (Å²) in [7, 11) is -3.51. The van der Waals surface area contributed by atoms with Crippen molar-refractivity contribution < 1.29 is 31.1 Å². The number of carbonyl (C=O) groups is 1. The molecule has 0 aliphatic carbocycles. The number of hydrogen-bond donors (Lipinski definition) is 1. The maximum atomic E-state index is 12.4. The zero-order valence-electron chi connectivity index (χ0n) is 13.1. The van der Waals surface area contributed by atoms with Gasteiger partial charge < -0.3 is 9.64 Å². The first kappa shape index (κ1) is 19.3. The number of hydrogen-bond acceptors (Lipinski definition) is 4. The molecule has 1 saturated heterocycles. The zero-order chi connectivity index (χ0) is 18.7. The summed E-state index contributed by atoms with van der Waals surface area (Å²) in [5.41, 5.74) is 0.238. The van der Waals surface area contributed by atoms with Gasteiger partial charge in [0.2, 0.25) is 10.0 Å². The van der Waals surface area contributed by atoms with E-state index < -0.39 is 22.1 Å². The van der Waals surface area contributed by atoms with Gasteiger partial charge in [0.15, 0.2) is 0 Å². The van der Waals surface area contributed by atoms with E-state index in [0.717, 1.165) is 17.5 Å². The summed E-state index contributed by atoms with van der Waals surface area (Å²) in [5, 5.41) is 0.815. The molecular weight excluding hydrogens is 361 g/mol. The molecule has 0 bridgehead atoms. The number of carbonyl (C=O) groups excluding carboxylic acids is 1. The van der Waals surface area contributed by atoms with Crippen LogP contribution in [0.3, 0.4) is 0 Å². The zero-order valence-corrected chi connectivity index (χ0v) is 13.9. The van der Waals surface area contributed by atoms with Gasteiger partial charge in [-0.3, -0.25) is 4.79 Å². The number of ether oxygens (including phenoxy) is 1. The molecule has 10 heteroatoms. The molecule has 1 heterocycles. The quantitative estimate of drug-likeness (QED) is 0.823. The van der Waals surface area contributed by atoms with Crippen LogP contribution >= 0.6 is 0 Å². The molecule has 1 atom stereocenters. The molecule has 1 aliphatic rings. The lowest BCUT2D eigenvalue weighted by Crippen LogP contribution is -2.32. The number of rotatable bonds is 6. The van der Waals surface area contributed by atoms with Gasteiger partial charge in [0, 0.05) is 30.6 Å². The smallest absolute Gasteiger partial charge is 0.406 e. The Bertz CT molecular complexity index is 732. The molecule has 1 N–H and O–H groups in total. The number of benzene rings is 1. The molecule has 1 aromatic carbocycles. The average Bonchev–Trinajstić information content (AvgIpc) is 3.01. The lowest BCUT2D eigenvalue weighted by Gasteiger charge is -2.17. The highest BCUT2D eigenvalue weighted by atomic mass is 32.2. The molecule has 25 heavy (non-hydrogen) atoms. The molecule has 1 aliphatic heterocycles. The number of amides is 1. The van der Waals surface area contributed by atoms with Crippen LogP contribution in [0.2, 0.25) is 0 Å². The van der Waals surface area contributed by atoms with Gasteiger partial charge >= 0.3 is 6.36 Å². The van der Waals surface area contributed by atoms with E-state index in [0.29, 0.717) is 19.5 Å². The molecular formula is C15H17F3N2O4S. The lowest BCUT2D eigenvalue weighted by atomic mass is 10.1. The van der Waals surface area contributed by atoms with E-state index >= 15 is 0 Å². The van der Waals surface area contributed by atoms with Crippen LogP contribution in [0.25, 0.3) is 0 Å². The molecule has 0 spiro atoms. The van der Waals surface area contributed by atoms with Gasteiger partial charge in [0.05, 0.1) is 0 Å². The molecule has 0 saturated carbocycles. The molecule has 1 amide bonds. The van der Waals surface area contributed by atoms with Crippen molar-refractivity contribution in [3.8, 4) is 5.75 Å². The molecule has 0 radical (unpaired) electrons. The van der Waals surface area contributed by atoms with Crippen LogP contribution in [0.1, 0.15) is 16.8 Å². The van der Waals surface area contributed by atoms with Crippen LogP contribution in [0.4, 0.5) is 13.2 Å². The molecule has 1 unspecified atom stereocenters. The summed E-state index contributed by atoms with van der Waals surface area (Å²) >= 11 is 0. The Morgan fingerprint density at radius 3 is 2.56 bits per heavy atom. The topological polar surface area (TPSA) is 75.7 Å².